The highest BCUT2D eigenvalue weighted by molar-refractivity contribution is 6.14. The lowest BCUT2D eigenvalue weighted by Crippen LogP contribution is -2.22. The number of amides is 3. The molecule has 0 aromatic heterocycles. The molecular weight excluding hydrogens is 220 g/mol. The number of nitrogens with one attached hydrogen (secondary N) is 2. The number of imide groups is 1. The smallest absolute Gasteiger partial charge is 0.326 e. The minimum absolute atomic E-state index is 0.253. The highest BCUT2D eigenvalue weighted by Crippen LogP contribution is 2.19. The van der Waals surface area contributed by atoms with Crippen molar-refractivity contribution in [3.05, 3.63) is 35.0 Å². The van der Waals surface area contributed by atoms with Crippen molar-refractivity contribution in [1.82, 2.24) is 10.6 Å². The van der Waals surface area contributed by atoms with Gasteiger partial charge in [-0.25, -0.2) is 4.79 Å². The Morgan fingerprint density at radius 1 is 1.24 bits per heavy atom. The fourth-order valence-electron chi connectivity index (χ4n) is 1.58. The number of rotatable bonds is 2. The van der Waals surface area contributed by atoms with Crippen LogP contribution in [-0.4, -0.2) is 19.0 Å². The first-order valence-corrected chi connectivity index (χ1v) is 5.09. The lowest BCUT2D eigenvalue weighted by atomic mass is 10.1. The van der Waals surface area contributed by atoms with Crippen molar-refractivity contribution in [3.63, 3.8) is 0 Å². The van der Waals surface area contributed by atoms with Gasteiger partial charge in [-0.15, -0.1) is 0 Å². The number of ether oxygens (including phenoxy) is 1. The number of benzene rings is 1. The Hall–Kier alpha value is -2.30. The van der Waals surface area contributed by atoms with Gasteiger partial charge in [-0.1, -0.05) is 6.07 Å². The van der Waals surface area contributed by atoms with Gasteiger partial charge in [-0.05, 0) is 36.3 Å². The minimum atomic E-state index is -0.493. The van der Waals surface area contributed by atoms with Gasteiger partial charge >= 0.3 is 6.03 Å². The van der Waals surface area contributed by atoms with Crippen molar-refractivity contribution in [2.45, 2.75) is 6.92 Å². The van der Waals surface area contributed by atoms with E-state index in [1.165, 1.54) is 0 Å². The summed E-state index contributed by atoms with van der Waals surface area (Å²) in [5.41, 5.74) is 2.08. The average Bonchev–Trinajstić information content (AvgIpc) is 2.60. The molecule has 1 aliphatic heterocycles. The molecule has 2 N–H and O–H groups in total. The van der Waals surface area contributed by atoms with Gasteiger partial charge in [-0.3, -0.25) is 10.1 Å². The molecule has 3 amide bonds. The Morgan fingerprint density at radius 2 is 2.00 bits per heavy atom. The fourth-order valence-corrected chi connectivity index (χ4v) is 1.58. The molecule has 88 valence electrons. The number of hydrogen-bond acceptors (Lipinski definition) is 3. The van der Waals surface area contributed by atoms with Gasteiger partial charge in [0.05, 0.1) is 7.11 Å². The molecule has 5 heteroatoms. The van der Waals surface area contributed by atoms with Crippen molar-refractivity contribution >= 4 is 18.0 Å². The maximum absolute atomic E-state index is 11.3. The SMILES string of the molecule is COc1ccc(/C=C2\NC(=O)NC2=O)c(C)c1. The molecule has 1 fully saturated rings. The van der Waals surface area contributed by atoms with E-state index in [1.54, 1.807) is 19.3 Å². The summed E-state index contributed by atoms with van der Waals surface area (Å²) in [6.45, 7) is 1.91. The van der Waals surface area contributed by atoms with E-state index in [9.17, 15) is 9.59 Å². The zero-order valence-electron chi connectivity index (χ0n) is 9.53. The van der Waals surface area contributed by atoms with E-state index in [1.807, 2.05) is 19.1 Å². The van der Waals surface area contributed by atoms with Crippen LogP contribution in [-0.2, 0) is 4.79 Å². The maximum atomic E-state index is 11.3. The molecular formula is C12H12N2O3. The van der Waals surface area contributed by atoms with Crippen molar-refractivity contribution in [3.8, 4) is 5.75 Å². The standard InChI is InChI=1S/C12H12N2O3/c1-7-5-9(17-2)4-3-8(7)6-10-11(15)14-12(16)13-10/h3-6H,1-2H3,(H2,13,14,15,16)/b10-6-. The van der Waals surface area contributed by atoms with Crippen LogP contribution in [0.1, 0.15) is 11.1 Å². The predicted octanol–water partition coefficient (Wildman–Crippen LogP) is 1.18. The zero-order chi connectivity index (χ0) is 12.4. The first kappa shape index (κ1) is 11.2. The van der Waals surface area contributed by atoms with Crippen LogP contribution < -0.4 is 15.4 Å². The van der Waals surface area contributed by atoms with Crippen LogP contribution in [0.5, 0.6) is 5.75 Å². The Morgan fingerprint density at radius 3 is 2.53 bits per heavy atom. The first-order chi connectivity index (χ1) is 8.10. The van der Waals surface area contributed by atoms with Crippen LogP contribution in [0, 0.1) is 6.92 Å². The van der Waals surface area contributed by atoms with Gasteiger partial charge in [0.1, 0.15) is 11.4 Å². The van der Waals surface area contributed by atoms with E-state index in [2.05, 4.69) is 10.6 Å². The second kappa shape index (κ2) is 4.29. The molecule has 0 bridgehead atoms. The van der Waals surface area contributed by atoms with Crippen LogP contribution in [0.3, 0.4) is 0 Å². The minimum Gasteiger partial charge on any atom is -0.497 e. The summed E-state index contributed by atoms with van der Waals surface area (Å²) >= 11 is 0. The van der Waals surface area contributed by atoms with E-state index < -0.39 is 11.9 Å². The lowest BCUT2D eigenvalue weighted by Gasteiger charge is -2.04. The van der Waals surface area contributed by atoms with Crippen molar-refractivity contribution < 1.29 is 14.3 Å². The van der Waals surface area contributed by atoms with Crippen LogP contribution in [0.25, 0.3) is 6.08 Å². The van der Waals surface area contributed by atoms with Crippen LogP contribution in [0.4, 0.5) is 4.79 Å². The lowest BCUT2D eigenvalue weighted by molar-refractivity contribution is -0.115. The molecule has 0 radical (unpaired) electrons. The molecule has 0 aliphatic carbocycles. The van der Waals surface area contributed by atoms with Crippen LogP contribution in [0.15, 0.2) is 23.9 Å². The summed E-state index contributed by atoms with van der Waals surface area (Å²) in [7, 11) is 1.59. The van der Waals surface area contributed by atoms with Crippen LogP contribution >= 0.6 is 0 Å². The normalized spacial score (nSPS) is 16.9. The summed E-state index contributed by atoms with van der Waals surface area (Å²) < 4.78 is 5.09. The molecule has 0 atom stereocenters. The predicted molar refractivity (Wildman–Crippen MR) is 62.4 cm³/mol. The van der Waals surface area contributed by atoms with E-state index in [-0.39, 0.29) is 5.70 Å². The highest BCUT2D eigenvalue weighted by Gasteiger charge is 2.22. The Balaban J connectivity index is 2.33. The van der Waals surface area contributed by atoms with E-state index in [0.717, 1.165) is 16.9 Å². The van der Waals surface area contributed by atoms with Gasteiger partial charge in [0.2, 0.25) is 0 Å². The van der Waals surface area contributed by atoms with E-state index in [0.29, 0.717) is 0 Å². The van der Waals surface area contributed by atoms with Crippen LogP contribution in [0.2, 0.25) is 0 Å². The summed E-state index contributed by atoms with van der Waals surface area (Å²) in [5.74, 6) is 0.342. The molecule has 0 saturated carbocycles. The Kier molecular flexibility index (Phi) is 2.82. The number of hydrogen-bond donors (Lipinski definition) is 2. The van der Waals surface area contributed by atoms with E-state index in [4.69, 9.17) is 4.74 Å². The number of urea groups is 1. The van der Waals surface area contributed by atoms with Gasteiger partial charge < -0.3 is 10.1 Å². The molecule has 17 heavy (non-hydrogen) atoms. The first-order valence-electron chi connectivity index (χ1n) is 5.09. The van der Waals surface area contributed by atoms with Crippen molar-refractivity contribution in [2.24, 2.45) is 0 Å². The third kappa shape index (κ3) is 2.28. The van der Waals surface area contributed by atoms with E-state index >= 15 is 0 Å². The topological polar surface area (TPSA) is 67.4 Å². The molecule has 1 aromatic carbocycles. The zero-order valence-corrected chi connectivity index (χ0v) is 9.53. The summed E-state index contributed by atoms with van der Waals surface area (Å²) in [5, 5.41) is 4.59. The summed E-state index contributed by atoms with van der Waals surface area (Å²) in [4.78, 5) is 22.3. The molecule has 1 aliphatic rings. The number of aryl methyl sites for hydroxylation is 1. The van der Waals surface area contributed by atoms with Gasteiger partial charge in [0.25, 0.3) is 5.91 Å². The monoisotopic (exact) mass is 232 g/mol. The number of carbonyl (C=O) groups excluding carboxylic acids is 2. The molecule has 1 saturated heterocycles. The quantitative estimate of drug-likeness (QED) is 0.594. The molecule has 1 aromatic rings. The Labute approximate surface area is 98.5 Å². The molecule has 1 heterocycles. The molecule has 0 spiro atoms. The number of methoxy groups -OCH3 is 1. The van der Waals surface area contributed by atoms with Gasteiger partial charge in [0, 0.05) is 0 Å². The summed E-state index contributed by atoms with van der Waals surface area (Å²) in [6.07, 6.45) is 1.63. The molecule has 2 rings (SSSR count). The Bertz CT molecular complexity index is 520. The fraction of sp³-hybridized carbons (Fsp3) is 0.167. The second-order valence-corrected chi connectivity index (χ2v) is 3.69. The maximum Gasteiger partial charge on any atom is 0.326 e. The summed E-state index contributed by atoms with van der Waals surface area (Å²) in [6, 6.07) is 5.00. The third-order valence-electron chi connectivity index (χ3n) is 2.50. The molecule has 5 nitrogen and oxygen atoms in total. The molecule has 0 unspecified atom stereocenters. The van der Waals surface area contributed by atoms with Gasteiger partial charge in [-0.2, -0.15) is 0 Å². The van der Waals surface area contributed by atoms with Crippen molar-refractivity contribution in [2.75, 3.05) is 7.11 Å². The third-order valence-corrected chi connectivity index (χ3v) is 2.50. The largest absolute Gasteiger partial charge is 0.497 e. The average molecular weight is 232 g/mol. The van der Waals surface area contributed by atoms with Gasteiger partial charge in [0.15, 0.2) is 0 Å². The highest BCUT2D eigenvalue weighted by atomic mass is 16.5. The van der Waals surface area contributed by atoms with Crippen molar-refractivity contribution in [1.29, 1.82) is 0 Å². The second-order valence-electron chi connectivity index (χ2n) is 3.69. The number of carbonyl (C=O) groups is 2.